The molecule has 3 rings (SSSR count). The number of rotatable bonds is 5. The van der Waals surface area contributed by atoms with Crippen molar-refractivity contribution in [1.82, 2.24) is 4.98 Å². The van der Waals surface area contributed by atoms with Crippen LogP contribution < -0.4 is 9.47 Å². The maximum absolute atomic E-state index is 12.0. The molecule has 1 aromatic heterocycles. The number of ether oxygens (including phenoxy) is 2. The molecule has 0 saturated heterocycles. The molecule has 0 aliphatic heterocycles. The zero-order chi connectivity index (χ0) is 16.1. The van der Waals surface area contributed by atoms with Crippen molar-refractivity contribution in [1.29, 1.82) is 0 Å². The van der Waals surface area contributed by atoms with Crippen LogP contribution in [0.5, 0.6) is 11.5 Å². The maximum Gasteiger partial charge on any atom is 0.336 e. The summed E-state index contributed by atoms with van der Waals surface area (Å²) in [5, 5.41) is 0.765. The van der Waals surface area contributed by atoms with Crippen molar-refractivity contribution in [3.63, 3.8) is 0 Å². The summed E-state index contributed by atoms with van der Waals surface area (Å²) in [6.07, 6.45) is 3.04. The fourth-order valence-corrected chi connectivity index (χ4v) is 2.92. The Labute approximate surface area is 138 Å². The lowest BCUT2D eigenvalue weighted by Crippen LogP contribution is -2.05. The predicted octanol–water partition coefficient (Wildman–Crippen LogP) is 4.31. The van der Waals surface area contributed by atoms with E-state index in [1.54, 1.807) is 24.3 Å². The third kappa shape index (κ3) is 3.76. The summed E-state index contributed by atoms with van der Waals surface area (Å²) < 4.78 is 11.8. The van der Waals surface area contributed by atoms with E-state index in [9.17, 15) is 4.79 Å². The number of para-hydroxylation sites is 3. The van der Waals surface area contributed by atoms with Crippen LogP contribution in [-0.2, 0) is 4.79 Å². The molecule has 0 atom stereocenters. The first kappa shape index (κ1) is 15.2. The quantitative estimate of drug-likeness (QED) is 0.398. The standard InChI is InChI=1S/C18H15NO3S/c1-2-21-14-8-4-5-9-15(14)22-18(20)12-11-17-19-13-7-3-6-10-16(13)23-17/h3-12H,2H2,1H3. The molecule has 0 fully saturated rings. The number of thiazole rings is 1. The minimum atomic E-state index is -0.462. The highest BCUT2D eigenvalue weighted by atomic mass is 32.1. The molecular weight excluding hydrogens is 310 g/mol. The Balaban J connectivity index is 1.71. The first-order valence-corrected chi connectivity index (χ1v) is 8.05. The van der Waals surface area contributed by atoms with E-state index in [0.717, 1.165) is 15.2 Å². The van der Waals surface area contributed by atoms with E-state index in [2.05, 4.69) is 4.98 Å². The largest absolute Gasteiger partial charge is 0.490 e. The van der Waals surface area contributed by atoms with E-state index < -0.39 is 5.97 Å². The van der Waals surface area contributed by atoms with Crippen LogP contribution in [0.25, 0.3) is 16.3 Å². The van der Waals surface area contributed by atoms with Crippen LogP contribution in [0.4, 0.5) is 0 Å². The number of esters is 1. The number of hydrogen-bond acceptors (Lipinski definition) is 5. The van der Waals surface area contributed by atoms with Crippen molar-refractivity contribution in [2.45, 2.75) is 6.92 Å². The second-order valence-electron chi connectivity index (χ2n) is 4.65. The van der Waals surface area contributed by atoms with Gasteiger partial charge in [0.25, 0.3) is 0 Å². The van der Waals surface area contributed by atoms with E-state index >= 15 is 0 Å². The van der Waals surface area contributed by atoms with Gasteiger partial charge in [-0.05, 0) is 37.3 Å². The highest BCUT2D eigenvalue weighted by molar-refractivity contribution is 7.19. The van der Waals surface area contributed by atoms with Gasteiger partial charge in [-0.25, -0.2) is 9.78 Å². The van der Waals surface area contributed by atoms with Crippen LogP contribution in [0.15, 0.2) is 54.6 Å². The van der Waals surface area contributed by atoms with Crippen molar-refractivity contribution < 1.29 is 14.3 Å². The molecular formula is C18H15NO3S. The normalized spacial score (nSPS) is 11.0. The van der Waals surface area contributed by atoms with E-state index in [4.69, 9.17) is 9.47 Å². The molecule has 0 bridgehead atoms. The van der Waals surface area contributed by atoms with Gasteiger partial charge in [0, 0.05) is 6.08 Å². The van der Waals surface area contributed by atoms with Crippen LogP contribution in [-0.4, -0.2) is 17.6 Å². The zero-order valence-corrected chi connectivity index (χ0v) is 13.4. The van der Waals surface area contributed by atoms with Gasteiger partial charge in [0.05, 0.1) is 16.8 Å². The van der Waals surface area contributed by atoms with Gasteiger partial charge in [-0.15, -0.1) is 11.3 Å². The lowest BCUT2D eigenvalue weighted by molar-refractivity contribution is -0.129. The van der Waals surface area contributed by atoms with E-state index in [-0.39, 0.29) is 0 Å². The van der Waals surface area contributed by atoms with Gasteiger partial charge in [-0.3, -0.25) is 0 Å². The molecule has 0 radical (unpaired) electrons. The summed E-state index contributed by atoms with van der Waals surface area (Å²) in [6, 6.07) is 14.9. The third-order valence-corrected chi connectivity index (χ3v) is 4.03. The van der Waals surface area contributed by atoms with E-state index in [1.165, 1.54) is 17.4 Å². The van der Waals surface area contributed by atoms with Gasteiger partial charge in [0.2, 0.25) is 0 Å². The van der Waals surface area contributed by atoms with Gasteiger partial charge in [-0.1, -0.05) is 24.3 Å². The second-order valence-corrected chi connectivity index (χ2v) is 5.72. The lowest BCUT2D eigenvalue weighted by atomic mass is 10.3. The molecule has 116 valence electrons. The van der Waals surface area contributed by atoms with Crippen molar-refractivity contribution in [2.75, 3.05) is 6.61 Å². The number of nitrogens with zero attached hydrogens (tertiary/aromatic N) is 1. The van der Waals surface area contributed by atoms with Gasteiger partial charge >= 0.3 is 5.97 Å². The molecule has 1 heterocycles. The molecule has 23 heavy (non-hydrogen) atoms. The van der Waals surface area contributed by atoms with Gasteiger partial charge in [-0.2, -0.15) is 0 Å². The average Bonchev–Trinajstić information content (AvgIpc) is 2.98. The maximum atomic E-state index is 12.0. The Kier molecular flexibility index (Phi) is 4.68. The summed E-state index contributed by atoms with van der Waals surface area (Å²) in [6.45, 7) is 2.39. The Morgan fingerprint density at radius 2 is 1.87 bits per heavy atom. The SMILES string of the molecule is CCOc1ccccc1OC(=O)C=Cc1nc2ccccc2s1. The number of fused-ring (bicyclic) bond motifs is 1. The Hall–Kier alpha value is -2.66. The molecule has 0 aliphatic rings. The number of benzene rings is 2. The van der Waals surface area contributed by atoms with Crippen molar-refractivity contribution in [3.05, 3.63) is 59.6 Å². The Morgan fingerprint density at radius 3 is 2.65 bits per heavy atom. The molecule has 0 amide bonds. The highest BCUT2D eigenvalue weighted by Crippen LogP contribution is 2.27. The van der Waals surface area contributed by atoms with Crippen molar-refractivity contribution in [2.24, 2.45) is 0 Å². The first-order chi connectivity index (χ1) is 11.3. The van der Waals surface area contributed by atoms with Crippen LogP contribution in [0, 0.1) is 0 Å². The molecule has 5 heteroatoms. The topological polar surface area (TPSA) is 48.4 Å². The van der Waals surface area contributed by atoms with Gasteiger partial charge in [0.1, 0.15) is 5.01 Å². The second kappa shape index (κ2) is 7.07. The van der Waals surface area contributed by atoms with Crippen LogP contribution >= 0.6 is 11.3 Å². The molecule has 0 saturated carbocycles. The van der Waals surface area contributed by atoms with E-state index in [0.29, 0.717) is 18.1 Å². The minimum absolute atomic E-state index is 0.410. The van der Waals surface area contributed by atoms with Crippen LogP contribution in [0.1, 0.15) is 11.9 Å². The number of hydrogen-bond donors (Lipinski definition) is 0. The summed E-state index contributed by atoms with van der Waals surface area (Å²) in [4.78, 5) is 16.4. The smallest absolute Gasteiger partial charge is 0.336 e. The summed E-state index contributed by atoms with van der Waals surface area (Å²) in [7, 11) is 0. The molecule has 4 nitrogen and oxygen atoms in total. The Bertz CT molecular complexity index is 821. The lowest BCUT2D eigenvalue weighted by Gasteiger charge is -2.08. The van der Waals surface area contributed by atoms with E-state index in [1.807, 2.05) is 37.3 Å². The Morgan fingerprint density at radius 1 is 1.13 bits per heavy atom. The molecule has 0 aliphatic carbocycles. The van der Waals surface area contributed by atoms with Gasteiger partial charge in [0.15, 0.2) is 11.5 Å². The molecule has 0 spiro atoms. The number of carbonyl (C=O) groups is 1. The fourth-order valence-electron chi connectivity index (χ4n) is 2.05. The minimum Gasteiger partial charge on any atom is -0.490 e. The zero-order valence-electron chi connectivity index (χ0n) is 12.6. The van der Waals surface area contributed by atoms with Crippen LogP contribution in [0.2, 0.25) is 0 Å². The summed E-state index contributed by atoms with van der Waals surface area (Å²) >= 11 is 1.53. The van der Waals surface area contributed by atoms with Crippen molar-refractivity contribution in [3.8, 4) is 11.5 Å². The van der Waals surface area contributed by atoms with Crippen molar-refractivity contribution >= 4 is 33.6 Å². The highest BCUT2D eigenvalue weighted by Gasteiger charge is 2.07. The average molecular weight is 325 g/mol. The summed E-state index contributed by atoms with van der Waals surface area (Å²) in [5.41, 5.74) is 0.923. The first-order valence-electron chi connectivity index (χ1n) is 7.23. The van der Waals surface area contributed by atoms with Crippen LogP contribution in [0.3, 0.4) is 0 Å². The molecule has 3 aromatic rings. The monoisotopic (exact) mass is 325 g/mol. The predicted molar refractivity (Wildman–Crippen MR) is 91.9 cm³/mol. The van der Waals surface area contributed by atoms with Gasteiger partial charge < -0.3 is 9.47 Å². The molecule has 0 unspecified atom stereocenters. The molecule has 0 N–H and O–H groups in total. The molecule has 2 aromatic carbocycles. The number of carbonyl (C=O) groups excluding carboxylic acids is 1. The third-order valence-electron chi connectivity index (χ3n) is 3.03. The number of aromatic nitrogens is 1. The summed E-state index contributed by atoms with van der Waals surface area (Å²) in [5.74, 6) is 0.501. The fraction of sp³-hybridized carbons (Fsp3) is 0.111.